The Morgan fingerprint density at radius 2 is 2.15 bits per heavy atom. The molecule has 3 rings (SSSR count). The van der Waals surface area contributed by atoms with E-state index in [1.807, 2.05) is 12.1 Å². The van der Waals surface area contributed by atoms with Gasteiger partial charge < -0.3 is 10.5 Å². The summed E-state index contributed by atoms with van der Waals surface area (Å²) in [6.45, 7) is 0.642. The molecule has 2 N–H and O–H groups in total. The summed E-state index contributed by atoms with van der Waals surface area (Å²) in [7, 11) is -3.10. The van der Waals surface area contributed by atoms with Crippen LogP contribution >= 0.6 is 15.9 Å². The second-order valence-electron chi connectivity index (χ2n) is 5.51. The maximum atomic E-state index is 12.2. The van der Waals surface area contributed by atoms with Crippen LogP contribution in [-0.2, 0) is 16.3 Å². The van der Waals surface area contributed by atoms with Gasteiger partial charge in [-0.25, -0.2) is 8.42 Å². The van der Waals surface area contributed by atoms with E-state index in [0.717, 1.165) is 40.6 Å². The van der Waals surface area contributed by atoms with Gasteiger partial charge in [-0.05, 0) is 30.5 Å². The molecule has 2 heterocycles. The monoisotopic (exact) mass is 359 g/mol. The van der Waals surface area contributed by atoms with E-state index in [2.05, 4.69) is 15.9 Å². The molecule has 0 spiro atoms. The molecule has 1 aromatic rings. The first-order valence-electron chi connectivity index (χ1n) is 6.91. The Hall–Kier alpha value is -0.590. The van der Waals surface area contributed by atoms with Gasteiger partial charge in [-0.1, -0.05) is 22.4 Å². The van der Waals surface area contributed by atoms with Crippen molar-refractivity contribution in [2.75, 3.05) is 12.4 Å². The number of ether oxygens (including phenoxy) is 1. The first kappa shape index (κ1) is 14.4. The summed E-state index contributed by atoms with van der Waals surface area (Å²) in [5.41, 5.74) is 8.24. The molecule has 0 aliphatic carbocycles. The number of hydrogen-bond donors (Lipinski definition) is 1. The van der Waals surface area contributed by atoms with Gasteiger partial charge in [-0.15, -0.1) is 0 Å². The van der Waals surface area contributed by atoms with Crippen molar-refractivity contribution in [3.8, 4) is 5.75 Å². The quantitative estimate of drug-likeness (QED) is 0.879. The summed E-state index contributed by atoms with van der Waals surface area (Å²) in [6.07, 6.45) is 3.17. The van der Waals surface area contributed by atoms with Gasteiger partial charge >= 0.3 is 0 Å². The van der Waals surface area contributed by atoms with Gasteiger partial charge in [0.05, 0.1) is 23.7 Å². The van der Waals surface area contributed by atoms with Crippen molar-refractivity contribution in [2.45, 2.75) is 37.0 Å². The van der Waals surface area contributed by atoms with E-state index in [-0.39, 0.29) is 5.75 Å². The summed E-state index contributed by atoms with van der Waals surface area (Å²) in [5.74, 6) is 1.05. The molecule has 2 unspecified atom stereocenters. The van der Waals surface area contributed by atoms with E-state index >= 15 is 0 Å². The van der Waals surface area contributed by atoms with Crippen molar-refractivity contribution in [1.29, 1.82) is 0 Å². The van der Waals surface area contributed by atoms with Crippen LogP contribution in [-0.4, -0.2) is 26.0 Å². The molecule has 0 saturated carbocycles. The number of hydrogen-bond acceptors (Lipinski definition) is 4. The molecule has 2 aliphatic rings. The van der Waals surface area contributed by atoms with Crippen LogP contribution in [0.3, 0.4) is 0 Å². The minimum Gasteiger partial charge on any atom is -0.493 e. The maximum Gasteiger partial charge on any atom is 0.155 e. The fourth-order valence-electron chi connectivity index (χ4n) is 3.13. The predicted molar refractivity (Wildman–Crippen MR) is 81.7 cm³/mol. The minimum atomic E-state index is -3.10. The molecule has 2 atom stereocenters. The van der Waals surface area contributed by atoms with E-state index < -0.39 is 21.1 Å². The van der Waals surface area contributed by atoms with Crippen molar-refractivity contribution in [2.24, 2.45) is 5.73 Å². The molecule has 0 aromatic heterocycles. The highest BCUT2D eigenvalue weighted by atomic mass is 79.9. The Bertz CT molecular complexity index is 630. The summed E-state index contributed by atoms with van der Waals surface area (Å²) in [6, 6.07) is 3.41. The van der Waals surface area contributed by atoms with Crippen molar-refractivity contribution in [1.82, 2.24) is 0 Å². The van der Waals surface area contributed by atoms with Crippen molar-refractivity contribution >= 4 is 25.8 Å². The van der Waals surface area contributed by atoms with E-state index in [1.165, 1.54) is 0 Å². The number of nitrogens with two attached hydrogens (primary N) is 1. The highest BCUT2D eigenvalue weighted by Crippen LogP contribution is 2.39. The molecular weight excluding hydrogens is 342 g/mol. The standard InChI is InChI=1S/C14H18BrNO3S/c15-10-7-9-4-5-19-14(9)11(8-10)13(16)12-3-1-2-6-20(12,17)18/h7-8,12-13H,1-6,16H2. The number of sulfone groups is 1. The van der Waals surface area contributed by atoms with E-state index in [1.54, 1.807) is 0 Å². The largest absolute Gasteiger partial charge is 0.493 e. The van der Waals surface area contributed by atoms with Crippen molar-refractivity contribution in [3.05, 3.63) is 27.7 Å². The Morgan fingerprint density at radius 1 is 1.35 bits per heavy atom. The summed E-state index contributed by atoms with van der Waals surface area (Å²) >= 11 is 3.48. The van der Waals surface area contributed by atoms with Gasteiger partial charge in [-0.2, -0.15) is 0 Å². The van der Waals surface area contributed by atoms with Crippen LogP contribution in [0.4, 0.5) is 0 Å². The molecule has 4 nitrogen and oxygen atoms in total. The maximum absolute atomic E-state index is 12.2. The van der Waals surface area contributed by atoms with Crippen LogP contribution in [0.25, 0.3) is 0 Å². The molecule has 110 valence electrons. The van der Waals surface area contributed by atoms with Gasteiger partial charge in [0.2, 0.25) is 0 Å². The first-order valence-corrected chi connectivity index (χ1v) is 9.42. The van der Waals surface area contributed by atoms with E-state index in [9.17, 15) is 8.42 Å². The Labute approximate surface area is 127 Å². The zero-order chi connectivity index (χ0) is 14.3. The summed E-state index contributed by atoms with van der Waals surface area (Å²) in [5, 5.41) is -0.487. The van der Waals surface area contributed by atoms with Crippen molar-refractivity contribution < 1.29 is 13.2 Å². The van der Waals surface area contributed by atoms with Crippen LogP contribution in [0.1, 0.15) is 36.4 Å². The third kappa shape index (κ3) is 2.49. The van der Waals surface area contributed by atoms with Gasteiger partial charge in [0, 0.05) is 16.5 Å². The Morgan fingerprint density at radius 3 is 2.90 bits per heavy atom. The third-order valence-electron chi connectivity index (χ3n) is 4.17. The number of benzene rings is 1. The van der Waals surface area contributed by atoms with Crippen LogP contribution in [0, 0.1) is 0 Å². The first-order chi connectivity index (χ1) is 9.49. The zero-order valence-corrected chi connectivity index (χ0v) is 13.5. The minimum absolute atomic E-state index is 0.252. The normalized spacial score (nSPS) is 25.8. The van der Waals surface area contributed by atoms with Crippen LogP contribution < -0.4 is 10.5 Å². The van der Waals surface area contributed by atoms with E-state index in [4.69, 9.17) is 10.5 Å². The zero-order valence-electron chi connectivity index (χ0n) is 11.1. The lowest BCUT2D eigenvalue weighted by Gasteiger charge is -2.28. The molecular formula is C14H18BrNO3S. The highest BCUT2D eigenvalue weighted by molar-refractivity contribution is 9.10. The fraction of sp³-hybridized carbons (Fsp3) is 0.571. The molecule has 0 radical (unpaired) electrons. The van der Waals surface area contributed by atoms with Crippen LogP contribution in [0.5, 0.6) is 5.75 Å². The van der Waals surface area contributed by atoms with Crippen LogP contribution in [0.2, 0.25) is 0 Å². The van der Waals surface area contributed by atoms with Gasteiger partial charge in [0.1, 0.15) is 5.75 Å². The molecule has 1 fully saturated rings. The molecule has 0 bridgehead atoms. The topological polar surface area (TPSA) is 69.4 Å². The molecule has 20 heavy (non-hydrogen) atoms. The SMILES string of the molecule is NC(c1cc(Br)cc2c1OCC2)C1CCCCS1(=O)=O. The fourth-order valence-corrected chi connectivity index (χ4v) is 5.68. The van der Waals surface area contributed by atoms with Gasteiger partial charge in [0.15, 0.2) is 9.84 Å². The lowest BCUT2D eigenvalue weighted by atomic mass is 9.97. The third-order valence-corrected chi connectivity index (χ3v) is 6.93. The lowest BCUT2D eigenvalue weighted by Crippen LogP contribution is -2.38. The Balaban J connectivity index is 2.01. The molecule has 1 saturated heterocycles. The van der Waals surface area contributed by atoms with Gasteiger partial charge in [-0.3, -0.25) is 0 Å². The average Bonchev–Trinajstić information content (AvgIpc) is 2.84. The van der Waals surface area contributed by atoms with Crippen LogP contribution in [0.15, 0.2) is 16.6 Å². The second-order valence-corrected chi connectivity index (χ2v) is 8.76. The Kier molecular flexibility index (Phi) is 3.81. The van der Waals surface area contributed by atoms with E-state index in [0.29, 0.717) is 13.0 Å². The smallest absolute Gasteiger partial charge is 0.155 e. The molecule has 2 aliphatic heterocycles. The summed E-state index contributed by atoms with van der Waals surface area (Å²) in [4.78, 5) is 0. The molecule has 0 amide bonds. The van der Waals surface area contributed by atoms with Gasteiger partial charge in [0.25, 0.3) is 0 Å². The number of rotatable bonds is 2. The number of halogens is 1. The molecule has 1 aromatic carbocycles. The molecule has 6 heteroatoms. The summed E-state index contributed by atoms with van der Waals surface area (Å²) < 4.78 is 31.1. The number of fused-ring (bicyclic) bond motifs is 1. The lowest BCUT2D eigenvalue weighted by molar-refractivity contribution is 0.349. The highest BCUT2D eigenvalue weighted by Gasteiger charge is 2.36. The van der Waals surface area contributed by atoms with Crippen molar-refractivity contribution in [3.63, 3.8) is 0 Å². The predicted octanol–water partition coefficient (Wildman–Crippen LogP) is 2.35. The average molecular weight is 360 g/mol. The second kappa shape index (κ2) is 5.31.